The number of nitrogens with zero attached hydrogens (tertiary/aromatic N) is 4. The molecule has 2 aromatic carbocycles. The standard InChI is InChI=1S/C24H26N4O5/c25-13-8-16-27(20-9-4-3-5-10-20)23(29)18-33-24(30)19-11-12-21(22(17-19)28(31)32)26-14-6-1-2-7-15-26/h3-5,9-12,17H,1-2,6-8,14-16,18H2. The molecule has 0 unspecified atom stereocenters. The van der Waals surface area contributed by atoms with Gasteiger partial charge in [-0.15, -0.1) is 0 Å². The van der Waals surface area contributed by atoms with Crippen LogP contribution in [0.3, 0.4) is 0 Å². The van der Waals surface area contributed by atoms with E-state index in [2.05, 4.69) is 0 Å². The fourth-order valence-electron chi connectivity index (χ4n) is 3.83. The molecule has 1 aliphatic rings. The van der Waals surface area contributed by atoms with Crippen LogP contribution < -0.4 is 9.80 Å². The predicted octanol–water partition coefficient (Wildman–Crippen LogP) is 4.08. The Bertz CT molecular complexity index is 1030. The number of carbonyl (C=O) groups excluding carboxylic acids is 2. The van der Waals surface area contributed by atoms with Crippen LogP contribution in [0.1, 0.15) is 42.5 Å². The van der Waals surface area contributed by atoms with Crippen molar-refractivity contribution in [3.63, 3.8) is 0 Å². The van der Waals surface area contributed by atoms with E-state index in [0.29, 0.717) is 11.4 Å². The van der Waals surface area contributed by atoms with Gasteiger partial charge >= 0.3 is 5.97 Å². The summed E-state index contributed by atoms with van der Waals surface area (Å²) in [7, 11) is 0. The summed E-state index contributed by atoms with van der Waals surface area (Å²) >= 11 is 0. The van der Waals surface area contributed by atoms with Gasteiger partial charge < -0.3 is 14.5 Å². The Morgan fingerprint density at radius 1 is 1.09 bits per heavy atom. The lowest BCUT2D eigenvalue weighted by Crippen LogP contribution is -2.35. The van der Waals surface area contributed by atoms with Crippen molar-refractivity contribution >= 4 is 28.9 Å². The molecule has 3 rings (SSSR count). The number of carbonyl (C=O) groups is 2. The second-order valence-electron chi connectivity index (χ2n) is 7.73. The zero-order valence-electron chi connectivity index (χ0n) is 18.3. The van der Waals surface area contributed by atoms with Gasteiger partial charge in [0.2, 0.25) is 0 Å². The van der Waals surface area contributed by atoms with E-state index in [1.807, 2.05) is 11.0 Å². The Hall–Kier alpha value is -3.93. The second kappa shape index (κ2) is 11.6. The third-order valence-electron chi connectivity index (χ3n) is 5.50. The normalized spacial score (nSPS) is 13.5. The smallest absolute Gasteiger partial charge is 0.338 e. The molecule has 0 aromatic heterocycles. The summed E-state index contributed by atoms with van der Waals surface area (Å²) in [6.45, 7) is 1.09. The van der Waals surface area contributed by atoms with Crippen LogP contribution in [-0.4, -0.2) is 43.0 Å². The number of nitriles is 1. The van der Waals surface area contributed by atoms with Gasteiger partial charge in [-0.25, -0.2) is 4.79 Å². The molecule has 0 atom stereocenters. The number of benzene rings is 2. The van der Waals surface area contributed by atoms with E-state index in [0.717, 1.165) is 38.8 Å². The minimum atomic E-state index is -0.817. The average Bonchev–Trinajstić information content (AvgIpc) is 3.12. The van der Waals surface area contributed by atoms with Crippen molar-refractivity contribution < 1.29 is 19.2 Å². The molecule has 0 aliphatic carbocycles. The monoisotopic (exact) mass is 450 g/mol. The number of anilines is 2. The number of rotatable bonds is 8. The maximum Gasteiger partial charge on any atom is 0.338 e. The Balaban J connectivity index is 1.71. The van der Waals surface area contributed by atoms with Gasteiger partial charge in [0.25, 0.3) is 11.6 Å². The minimum Gasteiger partial charge on any atom is -0.452 e. The van der Waals surface area contributed by atoms with Crippen molar-refractivity contribution in [2.24, 2.45) is 0 Å². The number of ether oxygens (including phenoxy) is 1. The van der Waals surface area contributed by atoms with Crippen LogP contribution in [0.5, 0.6) is 0 Å². The number of para-hydroxylation sites is 1. The highest BCUT2D eigenvalue weighted by atomic mass is 16.6. The molecule has 9 heteroatoms. The number of amides is 1. The fraction of sp³-hybridized carbons (Fsp3) is 0.375. The lowest BCUT2D eigenvalue weighted by Gasteiger charge is -2.23. The molecule has 33 heavy (non-hydrogen) atoms. The summed E-state index contributed by atoms with van der Waals surface area (Å²) < 4.78 is 5.16. The van der Waals surface area contributed by atoms with Gasteiger partial charge in [-0.2, -0.15) is 5.26 Å². The van der Waals surface area contributed by atoms with Crippen molar-refractivity contribution in [2.75, 3.05) is 36.0 Å². The number of nitro benzene ring substituents is 1. The Kier molecular flexibility index (Phi) is 8.36. The Labute approximate surface area is 192 Å². The van der Waals surface area contributed by atoms with Gasteiger partial charge in [0.05, 0.1) is 23.0 Å². The van der Waals surface area contributed by atoms with Crippen LogP contribution in [0.2, 0.25) is 0 Å². The third-order valence-corrected chi connectivity index (χ3v) is 5.50. The Morgan fingerprint density at radius 2 is 1.79 bits per heavy atom. The number of hydrogen-bond acceptors (Lipinski definition) is 7. The lowest BCUT2D eigenvalue weighted by atomic mass is 10.1. The van der Waals surface area contributed by atoms with Crippen molar-refractivity contribution in [1.82, 2.24) is 0 Å². The van der Waals surface area contributed by atoms with Crippen molar-refractivity contribution in [1.29, 1.82) is 5.26 Å². The van der Waals surface area contributed by atoms with Gasteiger partial charge in [0.15, 0.2) is 6.61 Å². The summed E-state index contributed by atoms with van der Waals surface area (Å²) in [5.41, 5.74) is 0.932. The first-order valence-corrected chi connectivity index (χ1v) is 10.9. The molecular weight excluding hydrogens is 424 g/mol. The van der Waals surface area contributed by atoms with Crippen molar-refractivity contribution in [3.8, 4) is 6.07 Å². The molecule has 1 amide bonds. The van der Waals surface area contributed by atoms with Gasteiger partial charge in [-0.3, -0.25) is 14.9 Å². The van der Waals surface area contributed by atoms with Gasteiger partial charge in [-0.1, -0.05) is 31.0 Å². The molecule has 2 aromatic rings. The van der Waals surface area contributed by atoms with Crippen LogP contribution in [0.15, 0.2) is 48.5 Å². The number of nitro groups is 1. The van der Waals surface area contributed by atoms with Crippen LogP contribution >= 0.6 is 0 Å². The molecule has 1 aliphatic heterocycles. The average molecular weight is 450 g/mol. The fourth-order valence-corrected chi connectivity index (χ4v) is 3.83. The van der Waals surface area contributed by atoms with Gasteiger partial charge in [0, 0.05) is 31.4 Å². The van der Waals surface area contributed by atoms with Gasteiger partial charge in [0.1, 0.15) is 5.69 Å². The molecule has 1 heterocycles. The molecule has 0 N–H and O–H groups in total. The summed E-state index contributed by atoms with van der Waals surface area (Å²) in [4.78, 5) is 39.8. The van der Waals surface area contributed by atoms with Gasteiger partial charge in [-0.05, 0) is 37.1 Å². The number of hydrogen-bond donors (Lipinski definition) is 0. The SMILES string of the molecule is N#CCCN(C(=O)COC(=O)c1ccc(N2CCCCCC2)c([N+](=O)[O-])c1)c1ccccc1. The molecule has 0 saturated carbocycles. The number of esters is 1. The van der Waals surface area contributed by atoms with E-state index in [4.69, 9.17) is 10.00 Å². The quantitative estimate of drug-likeness (QED) is 0.338. The van der Waals surface area contributed by atoms with Crippen molar-refractivity contribution in [2.45, 2.75) is 32.1 Å². The highest BCUT2D eigenvalue weighted by Gasteiger charge is 2.24. The van der Waals surface area contributed by atoms with E-state index < -0.39 is 23.4 Å². The summed E-state index contributed by atoms with van der Waals surface area (Å²) in [6.07, 6.45) is 4.24. The summed E-state index contributed by atoms with van der Waals surface area (Å²) in [5.74, 6) is -1.30. The first kappa shape index (κ1) is 23.7. The zero-order chi connectivity index (χ0) is 23.6. The summed E-state index contributed by atoms with van der Waals surface area (Å²) in [5, 5.41) is 20.6. The van der Waals surface area contributed by atoms with E-state index in [1.54, 1.807) is 36.4 Å². The maximum atomic E-state index is 12.7. The molecular formula is C24H26N4O5. The maximum absolute atomic E-state index is 12.7. The first-order chi connectivity index (χ1) is 16.0. The van der Waals surface area contributed by atoms with Crippen LogP contribution in [0, 0.1) is 21.4 Å². The van der Waals surface area contributed by atoms with Crippen molar-refractivity contribution in [3.05, 3.63) is 64.2 Å². The zero-order valence-corrected chi connectivity index (χ0v) is 18.3. The second-order valence-corrected chi connectivity index (χ2v) is 7.73. The molecule has 9 nitrogen and oxygen atoms in total. The Morgan fingerprint density at radius 3 is 2.42 bits per heavy atom. The summed E-state index contributed by atoms with van der Waals surface area (Å²) in [6, 6.07) is 15.0. The molecule has 1 saturated heterocycles. The van der Waals surface area contributed by atoms with E-state index in [1.165, 1.54) is 17.0 Å². The van der Waals surface area contributed by atoms with E-state index in [9.17, 15) is 19.7 Å². The highest BCUT2D eigenvalue weighted by molar-refractivity contribution is 5.97. The topological polar surface area (TPSA) is 117 Å². The first-order valence-electron chi connectivity index (χ1n) is 10.9. The minimum absolute atomic E-state index is 0.0105. The highest BCUT2D eigenvalue weighted by Crippen LogP contribution is 2.31. The van der Waals surface area contributed by atoms with Crippen LogP contribution in [0.4, 0.5) is 17.1 Å². The molecule has 1 fully saturated rings. The van der Waals surface area contributed by atoms with Crippen LogP contribution in [-0.2, 0) is 9.53 Å². The lowest BCUT2D eigenvalue weighted by molar-refractivity contribution is -0.384. The molecule has 0 radical (unpaired) electrons. The van der Waals surface area contributed by atoms with Crippen LogP contribution in [0.25, 0.3) is 0 Å². The molecule has 172 valence electrons. The molecule has 0 bridgehead atoms. The third kappa shape index (κ3) is 6.29. The van der Waals surface area contributed by atoms with E-state index >= 15 is 0 Å². The largest absolute Gasteiger partial charge is 0.452 e. The molecule has 0 spiro atoms. The predicted molar refractivity (Wildman–Crippen MR) is 123 cm³/mol. The van der Waals surface area contributed by atoms with E-state index in [-0.39, 0.29) is 24.2 Å².